The number of halogens is 1. The molecule has 4 rings (SSSR count). The first-order valence-corrected chi connectivity index (χ1v) is 12.7. The van der Waals surface area contributed by atoms with Gasteiger partial charge in [0.2, 0.25) is 0 Å². The molecule has 2 aliphatic rings. The Hall–Kier alpha value is -2.03. The van der Waals surface area contributed by atoms with Crippen molar-refractivity contribution in [1.82, 2.24) is 14.4 Å². The average Bonchev–Trinajstić information content (AvgIpc) is 3.24. The summed E-state index contributed by atoms with van der Waals surface area (Å²) in [7, 11) is -2.88. The number of nitrogens with zero attached hydrogens (tertiary/aromatic N) is 3. The Morgan fingerprint density at radius 3 is 2.39 bits per heavy atom. The number of aromatic nitrogens is 1. The Morgan fingerprint density at radius 2 is 1.77 bits per heavy atom. The monoisotopic (exact) mass is 447 g/mol. The lowest BCUT2D eigenvalue weighted by molar-refractivity contribution is 0.0795. The number of sulfone groups is 1. The molecule has 0 radical (unpaired) electrons. The summed E-state index contributed by atoms with van der Waals surface area (Å²) >= 11 is 0. The van der Waals surface area contributed by atoms with E-state index in [9.17, 15) is 17.6 Å². The molecule has 2 aliphatic heterocycles. The highest BCUT2D eigenvalue weighted by molar-refractivity contribution is 7.91. The third-order valence-corrected chi connectivity index (χ3v) is 8.38. The molecule has 0 N–H and O–H groups in total. The molecule has 3 heterocycles. The fourth-order valence-electron chi connectivity index (χ4n) is 4.74. The molecule has 0 saturated carbocycles. The highest BCUT2D eigenvalue weighted by Gasteiger charge is 2.34. The predicted molar refractivity (Wildman–Crippen MR) is 119 cm³/mol. The van der Waals surface area contributed by atoms with Crippen LogP contribution < -0.4 is 0 Å². The highest BCUT2D eigenvalue weighted by Crippen LogP contribution is 2.21. The van der Waals surface area contributed by atoms with Gasteiger partial charge in [0.1, 0.15) is 5.82 Å². The smallest absolute Gasteiger partial charge is 0.178 e. The first-order valence-electron chi connectivity index (χ1n) is 10.8. The Morgan fingerprint density at radius 1 is 1.10 bits per heavy atom. The Bertz CT molecular complexity index is 1050. The topological polar surface area (TPSA) is 62.6 Å². The van der Waals surface area contributed by atoms with Crippen LogP contribution in [-0.2, 0) is 16.4 Å². The Labute approximate surface area is 183 Å². The molecule has 2 fully saturated rings. The van der Waals surface area contributed by atoms with Crippen molar-refractivity contribution in [2.45, 2.75) is 32.9 Å². The number of rotatable bonds is 6. The third kappa shape index (κ3) is 5.07. The molecule has 0 unspecified atom stereocenters. The number of Topliss-reactive ketones (excluding diaryl/α,β-unsaturated/α-hetero) is 1. The van der Waals surface area contributed by atoms with E-state index in [0.717, 1.165) is 55.1 Å². The van der Waals surface area contributed by atoms with Crippen molar-refractivity contribution in [2.75, 3.05) is 44.2 Å². The van der Waals surface area contributed by atoms with Gasteiger partial charge < -0.3 is 4.57 Å². The number of piperazine rings is 1. The maximum absolute atomic E-state index is 13.2. The number of hydrogen-bond donors (Lipinski definition) is 0. The predicted octanol–water partition coefficient (Wildman–Crippen LogP) is 2.28. The van der Waals surface area contributed by atoms with Gasteiger partial charge in [-0.3, -0.25) is 14.6 Å². The standard InChI is InChI=1S/C23H30FN3O3S/c1-17-13-22(18(2)27(17)14-19-3-5-20(24)6-4-19)23(28)15-25-8-10-26(11-9-25)21-7-12-31(29,30)16-21/h3-6,13,21H,7-12,14-16H2,1-2H3/t21-/m1/s1. The second-order valence-corrected chi connectivity index (χ2v) is 11.0. The van der Waals surface area contributed by atoms with Gasteiger partial charge in [-0.2, -0.15) is 0 Å². The normalized spacial score (nSPS) is 22.1. The summed E-state index contributed by atoms with van der Waals surface area (Å²) in [5, 5.41) is 0. The minimum absolute atomic E-state index is 0.107. The quantitative estimate of drug-likeness (QED) is 0.636. The maximum Gasteiger partial charge on any atom is 0.178 e. The zero-order valence-electron chi connectivity index (χ0n) is 18.2. The zero-order chi connectivity index (χ0) is 22.2. The average molecular weight is 448 g/mol. The SMILES string of the molecule is Cc1cc(C(=O)CN2CCN([C@@H]3CCS(=O)(=O)C3)CC2)c(C)n1Cc1ccc(F)cc1. The molecule has 2 aromatic rings. The molecule has 31 heavy (non-hydrogen) atoms. The summed E-state index contributed by atoms with van der Waals surface area (Å²) in [6, 6.07) is 8.52. The largest absolute Gasteiger partial charge is 0.344 e. The summed E-state index contributed by atoms with van der Waals surface area (Å²) in [5.41, 5.74) is 3.68. The van der Waals surface area contributed by atoms with Crippen molar-refractivity contribution in [2.24, 2.45) is 0 Å². The maximum atomic E-state index is 13.2. The minimum Gasteiger partial charge on any atom is -0.344 e. The first-order chi connectivity index (χ1) is 14.7. The van der Waals surface area contributed by atoms with Crippen LogP contribution >= 0.6 is 0 Å². The summed E-state index contributed by atoms with van der Waals surface area (Å²) in [6.45, 7) is 8.08. The van der Waals surface area contributed by atoms with Crippen molar-refractivity contribution in [3.05, 3.63) is 58.7 Å². The van der Waals surface area contributed by atoms with Crippen LogP contribution in [-0.4, -0.2) is 78.8 Å². The van der Waals surface area contributed by atoms with Gasteiger partial charge in [-0.05, 0) is 44.0 Å². The van der Waals surface area contributed by atoms with Crippen molar-refractivity contribution < 1.29 is 17.6 Å². The van der Waals surface area contributed by atoms with Crippen LogP contribution in [0, 0.1) is 19.7 Å². The fourth-order valence-corrected chi connectivity index (χ4v) is 6.50. The molecule has 2 saturated heterocycles. The van der Waals surface area contributed by atoms with Gasteiger partial charge in [0.25, 0.3) is 0 Å². The molecule has 1 aromatic carbocycles. The van der Waals surface area contributed by atoms with E-state index in [4.69, 9.17) is 0 Å². The van der Waals surface area contributed by atoms with E-state index in [1.165, 1.54) is 12.1 Å². The van der Waals surface area contributed by atoms with E-state index >= 15 is 0 Å². The molecule has 8 heteroatoms. The van der Waals surface area contributed by atoms with E-state index in [2.05, 4.69) is 14.4 Å². The highest BCUT2D eigenvalue weighted by atomic mass is 32.2. The summed E-state index contributed by atoms with van der Waals surface area (Å²) < 4.78 is 38.8. The van der Waals surface area contributed by atoms with Crippen molar-refractivity contribution >= 4 is 15.6 Å². The number of hydrogen-bond acceptors (Lipinski definition) is 5. The third-order valence-electron chi connectivity index (χ3n) is 6.63. The van der Waals surface area contributed by atoms with Gasteiger partial charge in [-0.1, -0.05) is 12.1 Å². The zero-order valence-corrected chi connectivity index (χ0v) is 19.0. The van der Waals surface area contributed by atoms with Crippen LogP contribution in [0.15, 0.2) is 30.3 Å². The number of aryl methyl sites for hydroxylation is 1. The van der Waals surface area contributed by atoms with Crippen molar-refractivity contribution in [3.8, 4) is 0 Å². The van der Waals surface area contributed by atoms with Gasteiger partial charge in [0, 0.05) is 55.7 Å². The number of carbonyl (C=O) groups excluding carboxylic acids is 1. The Kier molecular flexibility index (Phi) is 6.32. The molecular formula is C23H30FN3O3S. The van der Waals surface area contributed by atoms with Crippen molar-refractivity contribution in [1.29, 1.82) is 0 Å². The number of benzene rings is 1. The molecule has 168 valence electrons. The summed E-state index contributed by atoms with van der Waals surface area (Å²) in [5.74, 6) is 0.418. The second-order valence-electron chi connectivity index (χ2n) is 8.79. The van der Waals surface area contributed by atoms with Crippen LogP contribution in [0.1, 0.15) is 33.7 Å². The molecular weight excluding hydrogens is 417 g/mol. The summed E-state index contributed by atoms with van der Waals surface area (Å²) in [6.07, 6.45) is 0.724. The Balaban J connectivity index is 1.35. The van der Waals surface area contributed by atoms with E-state index in [-0.39, 0.29) is 23.4 Å². The number of carbonyl (C=O) groups is 1. The van der Waals surface area contributed by atoms with E-state index in [0.29, 0.717) is 18.8 Å². The lowest BCUT2D eigenvalue weighted by Gasteiger charge is -2.37. The van der Waals surface area contributed by atoms with Gasteiger partial charge in [-0.25, -0.2) is 12.8 Å². The van der Waals surface area contributed by atoms with Crippen LogP contribution in [0.3, 0.4) is 0 Å². The van der Waals surface area contributed by atoms with Crippen LogP contribution in [0.5, 0.6) is 0 Å². The van der Waals surface area contributed by atoms with Crippen LogP contribution in [0.4, 0.5) is 4.39 Å². The molecule has 0 amide bonds. The van der Waals surface area contributed by atoms with Gasteiger partial charge in [0.05, 0.1) is 18.1 Å². The molecule has 1 atom stereocenters. The van der Waals surface area contributed by atoms with E-state index in [1.54, 1.807) is 12.1 Å². The van der Waals surface area contributed by atoms with Crippen LogP contribution in [0.2, 0.25) is 0 Å². The van der Waals surface area contributed by atoms with Gasteiger partial charge in [0.15, 0.2) is 15.6 Å². The van der Waals surface area contributed by atoms with E-state index < -0.39 is 9.84 Å². The molecule has 1 aromatic heterocycles. The number of ketones is 1. The molecule has 0 bridgehead atoms. The van der Waals surface area contributed by atoms with E-state index in [1.807, 2.05) is 19.9 Å². The van der Waals surface area contributed by atoms with Gasteiger partial charge >= 0.3 is 0 Å². The van der Waals surface area contributed by atoms with Gasteiger partial charge in [-0.15, -0.1) is 0 Å². The molecule has 0 spiro atoms. The summed E-state index contributed by atoms with van der Waals surface area (Å²) in [4.78, 5) is 17.4. The van der Waals surface area contributed by atoms with Crippen molar-refractivity contribution in [3.63, 3.8) is 0 Å². The minimum atomic E-state index is -2.88. The lowest BCUT2D eigenvalue weighted by Crippen LogP contribution is -2.51. The molecule has 0 aliphatic carbocycles. The second kappa shape index (κ2) is 8.84. The first kappa shape index (κ1) is 22.2. The van der Waals surface area contributed by atoms with Crippen LogP contribution in [0.25, 0.3) is 0 Å². The molecule has 6 nitrogen and oxygen atoms in total. The fraction of sp³-hybridized carbons (Fsp3) is 0.522. The lowest BCUT2D eigenvalue weighted by atomic mass is 10.1.